The van der Waals surface area contributed by atoms with Crippen molar-refractivity contribution in [2.24, 2.45) is 11.1 Å². The number of nitrogens with zero attached hydrogens (tertiary/aromatic N) is 2. The number of primary sulfonamides is 1. The fourth-order valence-corrected chi connectivity index (χ4v) is 4.85. The van der Waals surface area contributed by atoms with Crippen molar-refractivity contribution in [2.45, 2.75) is 23.5 Å². The zero-order valence-corrected chi connectivity index (χ0v) is 15.9. The van der Waals surface area contributed by atoms with Crippen LogP contribution in [-0.4, -0.2) is 26.5 Å². The monoisotopic (exact) mass is 405 g/mol. The lowest BCUT2D eigenvalue weighted by molar-refractivity contribution is 0.403. The van der Waals surface area contributed by atoms with Crippen LogP contribution in [-0.2, 0) is 16.4 Å². The predicted molar refractivity (Wildman–Crippen MR) is 98.6 cm³/mol. The quantitative estimate of drug-likeness (QED) is 0.843. The minimum absolute atomic E-state index is 0.102. The van der Waals surface area contributed by atoms with Gasteiger partial charge in [0.25, 0.3) is 0 Å². The number of anilines is 1. The largest absolute Gasteiger partial charge is 0.348 e. The Labute approximate surface area is 155 Å². The third-order valence-electron chi connectivity index (χ3n) is 4.15. The van der Waals surface area contributed by atoms with Gasteiger partial charge >= 0.3 is 0 Å². The average molecular weight is 406 g/mol. The molecule has 0 spiro atoms. The van der Waals surface area contributed by atoms with Crippen LogP contribution in [0.5, 0.6) is 0 Å². The SMILES string of the molecule is NS(=O)(=O)c1cnc(N2CCC(Cc3cc(Cl)ccc3Cl)CC2)s1. The number of hydrogen-bond acceptors (Lipinski definition) is 5. The third kappa shape index (κ3) is 4.21. The van der Waals surface area contributed by atoms with E-state index < -0.39 is 10.0 Å². The number of sulfonamides is 1. The molecule has 1 saturated heterocycles. The van der Waals surface area contributed by atoms with Crippen molar-refractivity contribution >= 4 is 49.7 Å². The van der Waals surface area contributed by atoms with Gasteiger partial charge in [0.2, 0.25) is 10.0 Å². The molecule has 24 heavy (non-hydrogen) atoms. The van der Waals surface area contributed by atoms with Gasteiger partial charge in [0, 0.05) is 23.1 Å². The second-order valence-electron chi connectivity index (χ2n) is 5.88. The Kier molecular flexibility index (Phi) is 5.36. The lowest BCUT2D eigenvalue weighted by atomic mass is 9.90. The van der Waals surface area contributed by atoms with Crippen molar-refractivity contribution in [3.05, 3.63) is 40.0 Å². The van der Waals surface area contributed by atoms with Crippen LogP contribution in [0.4, 0.5) is 5.13 Å². The van der Waals surface area contributed by atoms with Gasteiger partial charge in [-0.2, -0.15) is 0 Å². The number of benzene rings is 1. The van der Waals surface area contributed by atoms with Crippen LogP contribution in [0.25, 0.3) is 0 Å². The molecule has 0 unspecified atom stereocenters. The summed E-state index contributed by atoms with van der Waals surface area (Å²) in [6.45, 7) is 1.67. The summed E-state index contributed by atoms with van der Waals surface area (Å²) in [5.41, 5.74) is 1.08. The van der Waals surface area contributed by atoms with E-state index in [0.717, 1.165) is 54.3 Å². The van der Waals surface area contributed by atoms with Crippen LogP contribution in [0.1, 0.15) is 18.4 Å². The van der Waals surface area contributed by atoms with Crippen molar-refractivity contribution in [3.63, 3.8) is 0 Å². The van der Waals surface area contributed by atoms with E-state index in [4.69, 9.17) is 28.3 Å². The van der Waals surface area contributed by atoms with Crippen LogP contribution >= 0.6 is 34.5 Å². The second kappa shape index (κ2) is 7.17. The first kappa shape index (κ1) is 17.9. The van der Waals surface area contributed by atoms with Gasteiger partial charge in [-0.25, -0.2) is 18.5 Å². The van der Waals surface area contributed by atoms with Crippen molar-refractivity contribution in [2.75, 3.05) is 18.0 Å². The van der Waals surface area contributed by atoms with E-state index in [1.54, 1.807) is 6.07 Å². The van der Waals surface area contributed by atoms with Gasteiger partial charge in [0.1, 0.15) is 0 Å². The second-order valence-corrected chi connectivity index (χ2v) is 9.52. The minimum atomic E-state index is -3.68. The van der Waals surface area contributed by atoms with Crippen molar-refractivity contribution in [3.8, 4) is 0 Å². The number of hydrogen-bond donors (Lipinski definition) is 1. The van der Waals surface area contributed by atoms with Gasteiger partial charge < -0.3 is 4.90 Å². The molecule has 130 valence electrons. The topological polar surface area (TPSA) is 76.3 Å². The number of halogens is 2. The molecule has 1 aliphatic rings. The number of nitrogens with two attached hydrogens (primary N) is 1. The summed E-state index contributed by atoms with van der Waals surface area (Å²) >= 11 is 13.4. The lowest BCUT2D eigenvalue weighted by Crippen LogP contribution is -2.34. The van der Waals surface area contributed by atoms with Crippen LogP contribution in [0.15, 0.2) is 28.6 Å². The highest BCUT2D eigenvalue weighted by molar-refractivity contribution is 7.91. The predicted octanol–water partition coefficient (Wildman–Crippen LogP) is 3.56. The Morgan fingerprint density at radius 3 is 2.62 bits per heavy atom. The molecule has 1 aliphatic heterocycles. The molecule has 1 fully saturated rings. The first-order valence-electron chi connectivity index (χ1n) is 7.50. The molecular weight excluding hydrogens is 389 g/mol. The average Bonchev–Trinajstić information content (AvgIpc) is 3.02. The fraction of sp³-hybridized carbons (Fsp3) is 0.400. The Morgan fingerprint density at radius 2 is 2.00 bits per heavy atom. The molecule has 0 saturated carbocycles. The number of piperidine rings is 1. The van der Waals surface area contributed by atoms with Gasteiger partial charge in [-0.05, 0) is 48.9 Å². The Hall–Kier alpha value is -0.860. The van der Waals surface area contributed by atoms with Crippen LogP contribution < -0.4 is 10.0 Å². The molecule has 9 heteroatoms. The van der Waals surface area contributed by atoms with E-state index >= 15 is 0 Å². The Morgan fingerprint density at radius 1 is 1.29 bits per heavy atom. The first-order chi connectivity index (χ1) is 11.3. The summed E-state index contributed by atoms with van der Waals surface area (Å²) in [7, 11) is -3.68. The molecule has 0 bridgehead atoms. The maximum Gasteiger partial charge on any atom is 0.249 e. The molecule has 2 N–H and O–H groups in total. The van der Waals surface area contributed by atoms with E-state index in [2.05, 4.69) is 9.88 Å². The molecule has 0 atom stereocenters. The Bertz CT molecular complexity index is 831. The fourth-order valence-electron chi connectivity index (χ4n) is 2.87. The van der Waals surface area contributed by atoms with E-state index in [0.29, 0.717) is 16.1 Å². The molecule has 3 rings (SSSR count). The van der Waals surface area contributed by atoms with Gasteiger partial charge in [-0.1, -0.05) is 34.5 Å². The van der Waals surface area contributed by atoms with Gasteiger partial charge in [-0.3, -0.25) is 0 Å². The summed E-state index contributed by atoms with van der Waals surface area (Å²) in [5.74, 6) is 0.523. The smallest absolute Gasteiger partial charge is 0.249 e. The molecule has 0 radical (unpaired) electrons. The van der Waals surface area contributed by atoms with Gasteiger partial charge in [-0.15, -0.1) is 0 Å². The molecule has 2 heterocycles. The maximum atomic E-state index is 11.4. The summed E-state index contributed by atoms with van der Waals surface area (Å²) < 4.78 is 22.8. The van der Waals surface area contributed by atoms with Crippen LogP contribution in [0, 0.1) is 5.92 Å². The minimum Gasteiger partial charge on any atom is -0.348 e. The molecular formula is C15H17Cl2N3O2S2. The maximum absolute atomic E-state index is 11.4. The summed E-state index contributed by atoms with van der Waals surface area (Å²) in [4.78, 5) is 6.29. The van der Waals surface area contributed by atoms with E-state index in [1.165, 1.54) is 6.20 Å². The van der Waals surface area contributed by atoms with Crippen molar-refractivity contribution < 1.29 is 8.42 Å². The van der Waals surface area contributed by atoms with Crippen LogP contribution in [0.2, 0.25) is 10.0 Å². The Balaban J connectivity index is 1.61. The molecule has 0 aliphatic carbocycles. The van der Waals surface area contributed by atoms with Gasteiger partial charge in [0.15, 0.2) is 9.34 Å². The zero-order chi connectivity index (χ0) is 17.3. The summed E-state index contributed by atoms with van der Waals surface area (Å²) in [6, 6.07) is 5.55. The highest BCUT2D eigenvalue weighted by Crippen LogP contribution is 2.31. The molecule has 1 aromatic heterocycles. The van der Waals surface area contributed by atoms with Gasteiger partial charge in [0.05, 0.1) is 6.20 Å². The third-order valence-corrected chi connectivity index (χ3v) is 7.22. The molecule has 2 aromatic rings. The highest BCUT2D eigenvalue weighted by Gasteiger charge is 2.23. The number of thiazole rings is 1. The normalized spacial score (nSPS) is 16.5. The van der Waals surface area contributed by atoms with E-state index in [9.17, 15) is 8.42 Å². The zero-order valence-electron chi connectivity index (χ0n) is 12.8. The highest BCUT2D eigenvalue weighted by atomic mass is 35.5. The van der Waals surface area contributed by atoms with E-state index in [-0.39, 0.29) is 4.21 Å². The van der Waals surface area contributed by atoms with Crippen molar-refractivity contribution in [1.82, 2.24) is 4.98 Å². The molecule has 0 amide bonds. The number of aromatic nitrogens is 1. The van der Waals surface area contributed by atoms with E-state index in [1.807, 2.05) is 12.1 Å². The summed E-state index contributed by atoms with van der Waals surface area (Å²) in [5, 5.41) is 7.29. The summed E-state index contributed by atoms with van der Waals surface area (Å²) in [6.07, 6.45) is 4.21. The lowest BCUT2D eigenvalue weighted by Gasteiger charge is -2.32. The molecule has 1 aromatic carbocycles. The number of rotatable bonds is 4. The first-order valence-corrected chi connectivity index (χ1v) is 10.6. The van der Waals surface area contributed by atoms with Crippen molar-refractivity contribution in [1.29, 1.82) is 0 Å². The van der Waals surface area contributed by atoms with Crippen LogP contribution in [0.3, 0.4) is 0 Å². The molecule has 5 nitrogen and oxygen atoms in total. The standard InChI is InChI=1S/C15H17Cl2N3O2S2/c16-12-1-2-13(17)11(8-12)7-10-3-5-20(6-4-10)15-19-9-14(23-15)24(18,21)22/h1-2,8-10H,3-7H2,(H2,18,21,22).